The minimum absolute atomic E-state index is 0.202. The molecule has 0 aliphatic carbocycles. The molecule has 1 saturated heterocycles. The van der Waals surface area contributed by atoms with E-state index in [1.807, 2.05) is 14.1 Å². The highest BCUT2D eigenvalue weighted by Crippen LogP contribution is 2.23. The second kappa shape index (κ2) is 9.40. The van der Waals surface area contributed by atoms with Crippen molar-refractivity contribution in [1.29, 1.82) is 0 Å². The quantitative estimate of drug-likeness (QED) is 0.817. The predicted molar refractivity (Wildman–Crippen MR) is 99.8 cm³/mol. The summed E-state index contributed by atoms with van der Waals surface area (Å²) in [6, 6.07) is 4.79. The van der Waals surface area contributed by atoms with Crippen LogP contribution in [0.15, 0.2) is 18.2 Å². The number of ether oxygens (including phenoxy) is 2. The van der Waals surface area contributed by atoms with Gasteiger partial charge in [0.15, 0.2) is 0 Å². The van der Waals surface area contributed by atoms with Gasteiger partial charge in [-0.05, 0) is 32.3 Å². The highest BCUT2D eigenvalue weighted by molar-refractivity contribution is 5.99. The topological polar surface area (TPSA) is 83.1 Å². The third kappa shape index (κ3) is 5.34. The summed E-state index contributed by atoms with van der Waals surface area (Å²) in [4.78, 5) is 28.5. The summed E-state index contributed by atoms with van der Waals surface area (Å²) < 4.78 is 10.8. The highest BCUT2D eigenvalue weighted by Gasteiger charge is 2.23. The zero-order chi connectivity index (χ0) is 19.1. The zero-order valence-corrected chi connectivity index (χ0v) is 15.9. The van der Waals surface area contributed by atoms with E-state index in [0.29, 0.717) is 43.3 Å². The minimum Gasteiger partial charge on any atom is -0.496 e. The molecule has 0 unspecified atom stereocenters. The molecule has 0 spiro atoms. The standard InChI is InChI=1S/C18H28N4O4/c1-19-17(23)15-9-14(5-6-16(15)25-4)20-18(24)22-7-8-26-12-13(11-22)10-21(2)3/h5-6,9,13H,7-8,10-12H2,1-4H3,(H,19,23)(H,20,24)/t13-/m1/s1. The first-order valence-corrected chi connectivity index (χ1v) is 8.63. The number of rotatable bonds is 5. The molecular weight excluding hydrogens is 336 g/mol. The van der Waals surface area contributed by atoms with Crippen molar-refractivity contribution in [3.63, 3.8) is 0 Å². The molecule has 1 atom stereocenters. The highest BCUT2D eigenvalue weighted by atomic mass is 16.5. The van der Waals surface area contributed by atoms with Crippen LogP contribution in [0.25, 0.3) is 0 Å². The molecule has 1 aliphatic rings. The summed E-state index contributed by atoms with van der Waals surface area (Å²) in [5.41, 5.74) is 0.918. The second-order valence-electron chi connectivity index (χ2n) is 6.57. The normalized spacial score (nSPS) is 17.6. The van der Waals surface area contributed by atoms with Gasteiger partial charge in [-0.25, -0.2) is 4.79 Å². The number of benzene rings is 1. The number of nitrogens with one attached hydrogen (secondary N) is 2. The molecule has 1 aromatic rings. The van der Waals surface area contributed by atoms with Gasteiger partial charge < -0.3 is 29.9 Å². The molecule has 1 fully saturated rings. The number of carbonyl (C=O) groups is 2. The summed E-state index contributed by atoms with van der Waals surface area (Å²) >= 11 is 0. The molecule has 1 aromatic carbocycles. The van der Waals surface area contributed by atoms with E-state index in [-0.39, 0.29) is 17.9 Å². The molecule has 0 bridgehead atoms. The third-order valence-electron chi connectivity index (χ3n) is 4.17. The van der Waals surface area contributed by atoms with Crippen LogP contribution in [0.2, 0.25) is 0 Å². The second-order valence-corrected chi connectivity index (χ2v) is 6.57. The van der Waals surface area contributed by atoms with E-state index >= 15 is 0 Å². The summed E-state index contributed by atoms with van der Waals surface area (Å²) in [5, 5.41) is 5.44. The van der Waals surface area contributed by atoms with Gasteiger partial charge in [0.1, 0.15) is 5.75 Å². The lowest BCUT2D eigenvalue weighted by molar-refractivity contribution is 0.0960. The molecule has 8 nitrogen and oxygen atoms in total. The number of methoxy groups -OCH3 is 1. The first-order chi connectivity index (χ1) is 12.4. The lowest BCUT2D eigenvalue weighted by atomic mass is 10.1. The first kappa shape index (κ1) is 20.0. The molecule has 1 heterocycles. The van der Waals surface area contributed by atoms with Crippen molar-refractivity contribution in [2.24, 2.45) is 5.92 Å². The Kier molecular flexibility index (Phi) is 7.23. The Morgan fingerprint density at radius 1 is 1.38 bits per heavy atom. The Morgan fingerprint density at radius 2 is 2.15 bits per heavy atom. The van der Waals surface area contributed by atoms with Gasteiger partial charge in [0.05, 0.1) is 25.9 Å². The fourth-order valence-electron chi connectivity index (χ4n) is 2.99. The summed E-state index contributed by atoms with van der Waals surface area (Å²) in [6.45, 7) is 3.18. The lowest BCUT2D eigenvalue weighted by Crippen LogP contribution is -2.41. The summed E-state index contributed by atoms with van der Waals surface area (Å²) in [7, 11) is 7.07. The van der Waals surface area contributed by atoms with Crippen molar-refractivity contribution >= 4 is 17.6 Å². The Hall–Kier alpha value is -2.32. The average molecular weight is 364 g/mol. The predicted octanol–water partition coefficient (Wildman–Crippen LogP) is 1.10. The summed E-state index contributed by atoms with van der Waals surface area (Å²) in [5.74, 6) is 0.444. The Morgan fingerprint density at radius 3 is 2.81 bits per heavy atom. The van der Waals surface area contributed by atoms with Gasteiger partial charge in [0.2, 0.25) is 0 Å². The number of hydrogen-bond donors (Lipinski definition) is 2. The van der Waals surface area contributed by atoms with Gasteiger partial charge in [-0.2, -0.15) is 0 Å². The number of anilines is 1. The van der Waals surface area contributed by atoms with Crippen molar-refractivity contribution < 1.29 is 19.1 Å². The van der Waals surface area contributed by atoms with Crippen molar-refractivity contribution in [3.8, 4) is 5.75 Å². The number of amides is 3. The van der Waals surface area contributed by atoms with Crippen molar-refractivity contribution in [3.05, 3.63) is 23.8 Å². The SMILES string of the molecule is CNC(=O)c1cc(NC(=O)N2CCOC[C@H](CN(C)C)C2)ccc1OC. The molecule has 2 N–H and O–H groups in total. The van der Waals surface area contributed by atoms with Gasteiger partial charge in [0.25, 0.3) is 5.91 Å². The van der Waals surface area contributed by atoms with Crippen LogP contribution >= 0.6 is 0 Å². The number of nitrogens with zero attached hydrogens (tertiary/aromatic N) is 2. The maximum atomic E-state index is 12.7. The molecule has 144 valence electrons. The van der Waals surface area contributed by atoms with Crippen LogP contribution in [0.5, 0.6) is 5.75 Å². The molecule has 26 heavy (non-hydrogen) atoms. The van der Waals surface area contributed by atoms with E-state index in [1.54, 1.807) is 30.1 Å². The fraction of sp³-hybridized carbons (Fsp3) is 0.556. The number of hydrogen-bond acceptors (Lipinski definition) is 5. The van der Waals surface area contributed by atoms with Crippen molar-refractivity contribution in [2.45, 2.75) is 0 Å². The van der Waals surface area contributed by atoms with Crippen LogP contribution in [0.3, 0.4) is 0 Å². The van der Waals surface area contributed by atoms with Crippen LogP contribution in [-0.4, -0.2) is 82.8 Å². The molecule has 0 saturated carbocycles. The fourth-order valence-corrected chi connectivity index (χ4v) is 2.99. The van der Waals surface area contributed by atoms with Crippen molar-refractivity contribution in [1.82, 2.24) is 15.1 Å². The smallest absolute Gasteiger partial charge is 0.321 e. The largest absolute Gasteiger partial charge is 0.496 e. The minimum atomic E-state index is -0.271. The molecule has 0 radical (unpaired) electrons. The molecule has 8 heteroatoms. The molecular formula is C18H28N4O4. The van der Waals surface area contributed by atoms with Gasteiger partial charge >= 0.3 is 6.03 Å². The third-order valence-corrected chi connectivity index (χ3v) is 4.17. The summed E-state index contributed by atoms with van der Waals surface area (Å²) in [6.07, 6.45) is 0. The maximum absolute atomic E-state index is 12.7. The van der Waals surface area contributed by atoms with Crippen LogP contribution in [-0.2, 0) is 4.74 Å². The number of carbonyl (C=O) groups excluding carboxylic acids is 2. The average Bonchev–Trinajstić information content (AvgIpc) is 2.86. The molecule has 0 aromatic heterocycles. The van der Waals surface area contributed by atoms with Crippen LogP contribution < -0.4 is 15.4 Å². The van der Waals surface area contributed by atoms with E-state index < -0.39 is 0 Å². The van der Waals surface area contributed by atoms with E-state index in [9.17, 15) is 9.59 Å². The monoisotopic (exact) mass is 364 g/mol. The van der Waals surface area contributed by atoms with Crippen LogP contribution in [0.1, 0.15) is 10.4 Å². The van der Waals surface area contributed by atoms with E-state index in [0.717, 1.165) is 6.54 Å². The first-order valence-electron chi connectivity index (χ1n) is 8.63. The molecule has 1 aliphatic heterocycles. The van der Waals surface area contributed by atoms with Gasteiger partial charge in [-0.3, -0.25) is 4.79 Å². The Bertz CT molecular complexity index is 636. The van der Waals surface area contributed by atoms with Gasteiger partial charge in [-0.15, -0.1) is 0 Å². The van der Waals surface area contributed by atoms with E-state index in [2.05, 4.69) is 15.5 Å². The van der Waals surface area contributed by atoms with Crippen molar-refractivity contribution in [2.75, 3.05) is 66.4 Å². The molecule has 3 amide bonds. The van der Waals surface area contributed by atoms with Crippen LogP contribution in [0.4, 0.5) is 10.5 Å². The van der Waals surface area contributed by atoms with E-state index in [1.165, 1.54) is 7.11 Å². The Labute approximate surface area is 154 Å². The molecule has 2 rings (SSSR count). The van der Waals surface area contributed by atoms with Gasteiger partial charge in [-0.1, -0.05) is 0 Å². The maximum Gasteiger partial charge on any atom is 0.321 e. The van der Waals surface area contributed by atoms with Crippen LogP contribution in [0, 0.1) is 5.92 Å². The lowest BCUT2D eigenvalue weighted by Gasteiger charge is -2.25. The number of urea groups is 1. The Balaban J connectivity index is 2.09. The zero-order valence-electron chi connectivity index (χ0n) is 15.9. The van der Waals surface area contributed by atoms with Gasteiger partial charge in [0, 0.05) is 38.3 Å². The van der Waals surface area contributed by atoms with E-state index in [4.69, 9.17) is 9.47 Å².